The number of sulfonamides is 1. The van der Waals surface area contributed by atoms with Gasteiger partial charge in [-0.15, -0.1) is 0 Å². The topological polar surface area (TPSA) is 82.7 Å². The highest BCUT2D eigenvalue weighted by Crippen LogP contribution is 2.30. The monoisotopic (exact) mass is 419 g/mol. The molecule has 0 spiro atoms. The third-order valence-electron chi connectivity index (χ3n) is 5.55. The first-order valence-corrected chi connectivity index (χ1v) is 11.3. The Morgan fingerprint density at radius 2 is 1.72 bits per heavy atom. The molecule has 2 aromatic rings. The number of piperazine rings is 1. The van der Waals surface area contributed by atoms with Crippen LogP contribution in [0.2, 0.25) is 0 Å². The summed E-state index contributed by atoms with van der Waals surface area (Å²) in [6.45, 7) is 11.3. The SMILES string of the molecule is CCOC(=O)c1c(C)[nH]c(C)c1S(=O)(=O)N1CCN(c2cccc(C)c2C)CC1. The fraction of sp³-hybridized carbons (Fsp3) is 0.476. The molecule has 0 aliphatic carbocycles. The van der Waals surface area contributed by atoms with Gasteiger partial charge in [0.2, 0.25) is 10.0 Å². The second kappa shape index (κ2) is 8.20. The second-order valence-corrected chi connectivity index (χ2v) is 9.28. The maximum Gasteiger partial charge on any atom is 0.341 e. The number of ether oxygens (including phenoxy) is 1. The van der Waals surface area contributed by atoms with Crippen LogP contribution in [0.4, 0.5) is 5.69 Å². The smallest absolute Gasteiger partial charge is 0.341 e. The summed E-state index contributed by atoms with van der Waals surface area (Å²) in [5.74, 6) is -0.609. The molecule has 1 saturated heterocycles. The van der Waals surface area contributed by atoms with Gasteiger partial charge in [0.1, 0.15) is 10.5 Å². The number of carbonyl (C=O) groups excluding carboxylic acids is 1. The number of aryl methyl sites for hydroxylation is 3. The summed E-state index contributed by atoms with van der Waals surface area (Å²) in [5, 5.41) is 0. The van der Waals surface area contributed by atoms with Gasteiger partial charge in [0.15, 0.2) is 0 Å². The van der Waals surface area contributed by atoms with Crippen molar-refractivity contribution in [2.45, 2.75) is 39.5 Å². The van der Waals surface area contributed by atoms with E-state index in [1.165, 1.54) is 15.4 Å². The molecule has 0 bridgehead atoms. The first kappa shape index (κ1) is 21.4. The third kappa shape index (κ3) is 3.91. The molecule has 158 valence electrons. The lowest BCUT2D eigenvalue weighted by Crippen LogP contribution is -2.49. The minimum absolute atomic E-state index is 0.0358. The maximum atomic E-state index is 13.4. The highest BCUT2D eigenvalue weighted by Gasteiger charge is 2.36. The van der Waals surface area contributed by atoms with Crippen LogP contribution < -0.4 is 4.90 Å². The zero-order valence-electron chi connectivity index (χ0n) is 17.7. The Kier molecular flexibility index (Phi) is 6.05. The molecule has 1 aromatic carbocycles. The zero-order valence-corrected chi connectivity index (χ0v) is 18.5. The molecule has 0 unspecified atom stereocenters. The van der Waals surface area contributed by atoms with Crippen molar-refractivity contribution in [3.05, 3.63) is 46.3 Å². The number of carbonyl (C=O) groups is 1. The number of rotatable bonds is 5. The molecule has 0 atom stereocenters. The molecule has 1 aliphatic rings. The third-order valence-corrected chi connectivity index (χ3v) is 7.62. The highest BCUT2D eigenvalue weighted by atomic mass is 32.2. The zero-order chi connectivity index (χ0) is 21.3. The van der Waals surface area contributed by atoms with E-state index in [-0.39, 0.29) is 17.1 Å². The predicted octanol–water partition coefficient (Wildman–Crippen LogP) is 2.94. The summed E-state index contributed by atoms with van der Waals surface area (Å²) in [7, 11) is -3.82. The second-order valence-electron chi connectivity index (χ2n) is 7.41. The molecular formula is C21H29N3O4S. The Balaban J connectivity index is 1.86. The Morgan fingerprint density at radius 1 is 1.07 bits per heavy atom. The van der Waals surface area contributed by atoms with Crippen LogP contribution in [0, 0.1) is 27.7 Å². The summed E-state index contributed by atoms with van der Waals surface area (Å²) in [5.41, 5.74) is 4.65. The van der Waals surface area contributed by atoms with Crippen molar-refractivity contribution in [1.29, 1.82) is 0 Å². The normalized spacial score (nSPS) is 15.6. The number of esters is 1. The number of aromatic amines is 1. The Hall–Kier alpha value is -2.32. The summed E-state index contributed by atoms with van der Waals surface area (Å²) in [6.07, 6.45) is 0. The van der Waals surface area contributed by atoms with Gasteiger partial charge in [-0.25, -0.2) is 13.2 Å². The van der Waals surface area contributed by atoms with Crippen molar-refractivity contribution in [2.24, 2.45) is 0 Å². The van der Waals surface area contributed by atoms with E-state index >= 15 is 0 Å². The number of hydrogen-bond acceptors (Lipinski definition) is 5. The number of benzene rings is 1. The standard InChI is InChI=1S/C21H29N3O4S/c1-6-28-21(25)19-16(4)22-17(5)20(19)29(26,27)24-12-10-23(11-13-24)18-9-7-8-14(2)15(18)3/h7-9,22H,6,10-13H2,1-5H3. The van der Waals surface area contributed by atoms with E-state index in [1.807, 2.05) is 6.07 Å². The predicted molar refractivity (Wildman–Crippen MR) is 113 cm³/mol. The number of hydrogen-bond donors (Lipinski definition) is 1. The van der Waals surface area contributed by atoms with Crippen LogP contribution in [-0.4, -0.2) is 56.5 Å². The molecule has 1 aromatic heterocycles. The molecule has 1 fully saturated rings. The van der Waals surface area contributed by atoms with E-state index in [0.717, 1.165) is 5.69 Å². The molecular weight excluding hydrogens is 390 g/mol. The van der Waals surface area contributed by atoms with Gasteiger partial charge >= 0.3 is 5.97 Å². The largest absolute Gasteiger partial charge is 0.462 e. The van der Waals surface area contributed by atoms with Crippen LogP contribution in [0.3, 0.4) is 0 Å². The van der Waals surface area contributed by atoms with Gasteiger partial charge in [-0.3, -0.25) is 0 Å². The van der Waals surface area contributed by atoms with Crippen LogP contribution in [0.1, 0.15) is 39.8 Å². The van der Waals surface area contributed by atoms with Crippen molar-refractivity contribution in [2.75, 3.05) is 37.7 Å². The van der Waals surface area contributed by atoms with E-state index < -0.39 is 16.0 Å². The van der Waals surface area contributed by atoms with E-state index in [9.17, 15) is 13.2 Å². The summed E-state index contributed by atoms with van der Waals surface area (Å²) < 4.78 is 33.3. The minimum Gasteiger partial charge on any atom is -0.462 e. The van der Waals surface area contributed by atoms with Gasteiger partial charge in [-0.1, -0.05) is 12.1 Å². The van der Waals surface area contributed by atoms with Crippen LogP contribution in [0.25, 0.3) is 0 Å². The first-order valence-electron chi connectivity index (χ1n) is 9.86. The fourth-order valence-electron chi connectivity index (χ4n) is 3.91. The Morgan fingerprint density at radius 3 is 2.34 bits per heavy atom. The molecule has 8 heteroatoms. The van der Waals surface area contributed by atoms with Crippen molar-refractivity contribution < 1.29 is 17.9 Å². The molecule has 29 heavy (non-hydrogen) atoms. The Bertz CT molecular complexity index is 1020. The van der Waals surface area contributed by atoms with Crippen LogP contribution in [0.5, 0.6) is 0 Å². The number of nitrogens with one attached hydrogen (secondary N) is 1. The number of aromatic nitrogens is 1. The molecule has 0 radical (unpaired) electrons. The van der Waals surface area contributed by atoms with Gasteiger partial charge in [0.25, 0.3) is 0 Å². The van der Waals surface area contributed by atoms with Crippen molar-refractivity contribution in [3.63, 3.8) is 0 Å². The molecule has 1 N–H and O–H groups in total. The van der Waals surface area contributed by atoms with E-state index in [2.05, 4.69) is 35.9 Å². The van der Waals surface area contributed by atoms with Crippen molar-refractivity contribution >= 4 is 21.7 Å². The number of H-pyrrole nitrogens is 1. The van der Waals surface area contributed by atoms with Crippen molar-refractivity contribution in [1.82, 2.24) is 9.29 Å². The van der Waals surface area contributed by atoms with Crippen molar-refractivity contribution in [3.8, 4) is 0 Å². The summed E-state index contributed by atoms with van der Waals surface area (Å²) in [4.78, 5) is 17.6. The van der Waals surface area contributed by atoms with E-state index in [1.54, 1.807) is 20.8 Å². The van der Waals surface area contributed by atoms with Gasteiger partial charge in [0.05, 0.1) is 6.61 Å². The summed E-state index contributed by atoms with van der Waals surface area (Å²) in [6, 6.07) is 6.18. The lowest BCUT2D eigenvalue weighted by Gasteiger charge is -2.36. The van der Waals surface area contributed by atoms with Crippen LogP contribution in [0.15, 0.2) is 23.1 Å². The molecule has 7 nitrogen and oxygen atoms in total. The number of anilines is 1. The molecule has 2 heterocycles. The van der Waals surface area contributed by atoms with E-state index in [4.69, 9.17) is 4.74 Å². The van der Waals surface area contributed by atoms with Crippen LogP contribution >= 0.6 is 0 Å². The van der Waals surface area contributed by atoms with Gasteiger partial charge in [-0.2, -0.15) is 4.31 Å². The van der Waals surface area contributed by atoms with E-state index in [0.29, 0.717) is 37.6 Å². The average Bonchev–Trinajstić information content (AvgIpc) is 2.99. The minimum atomic E-state index is -3.82. The van der Waals surface area contributed by atoms with Gasteiger partial charge < -0.3 is 14.6 Å². The molecule has 1 aliphatic heterocycles. The first-order chi connectivity index (χ1) is 13.7. The highest BCUT2D eigenvalue weighted by molar-refractivity contribution is 7.89. The average molecular weight is 420 g/mol. The molecule has 3 rings (SSSR count). The lowest BCUT2D eigenvalue weighted by atomic mass is 10.1. The molecule has 0 saturated carbocycles. The quantitative estimate of drug-likeness (QED) is 0.754. The Labute approximate surface area is 172 Å². The maximum absolute atomic E-state index is 13.4. The lowest BCUT2D eigenvalue weighted by molar-refractivity contribution is 0.0521. The number of nitrogens with zero attached hydrogens (tertiary/aromatic N) is 2. The fourth-order valence-corrected chi connectivity index (χ4v) is 5.74. The van der Waals surface area contributed by atoms with Crippen LogP contribution in [-0.2, 0) is 14.8 Å². The summed E-state index contributed by atoms with van der Waals surface area (Å²) >= 11 is 0. The van der Waals surface area contributed by atoms with Gasteiger partial charge in [0, 0.05) is 43.3 Å². The molecule has 0 amide bonds. The van der Waals surface area contributed by atoms with Gasteiger partial charge in [-0.05, 0) is 51.8 Å².